The van der Waals surface area contributed by atoms with E-state index >= 15 is 0 Å². The van der Waals surface area contributed by atoms with Gasteiger partial charge in [0.15, 0.2) is 0 Å². The van der Waals surface area contributed by atoms with Crippen molar-refractivity contribution in [3.8, 4) is 0 Å². The van der Waals surface area contributed by atoms with Crippen molar-refractivity contribution in [2.24, 2.45) is 0 Å². The lowest BCUT2D eigenvalue weighted by Crippen LogP contribution is -2.26. The predicted octanol–water partition coefficient (Wildman–Crippen LogP) is 2.31. The Kier molecular flexibility index (Phi) is 2.88. The molecule has 1 heteroatoms. The smallest absolute Gasteiger partial charge is 0.0233 e. The second-order valence-electron chi connectivity index (χ2n) is 3.26. The molecule has 0 saturated heterocycles. The fraction of sp³-hybridized carbons (Fsp3) is 0.455. The average molecular weight is 163 g/mol. The highest BCUT2D eigenvalue weighted by molar-refractivity contribution is 5.28. The molecule has 0 radical (unpaired) electrons. The summed E-state index contributed by atoms with van der Waals surface area (Å²) < 4.78 is 0. The molecule has 0 amide bonds. The van der Waals surface area contributed by atoms with Gasteiger partial charge in [0.1, 0.15) is 0 Å². The lowest BCUT2D eigenvalue weighted by Gasteiger charge is -2.24. The highest BCUT2D eigenvalue weighted by Crippen LogP contribution is 2.16. The highest BCUT2D eigenvalue weighted by atomic mass is 15.1. The van der Waals surface area contributed by atoms with Crippen LogP contribution >= 0.6 is 0 Å². The Labute approximate surface area is 75.0 Å². The van der Waals surface area contributed by atoms with Crippen molar-refractivity contribution in [2.45, 2.75) is 20.4 Å². The maximum atomic E-state index is 2.36. The minimum Gasteiger partial charge on any atom is -0.302 e. The molecule has 0 aromatic heterocycles. The van der Waals surface area contributed by atoms with Crippen molar-refractivity contribution in [3.63, 3.8) is 0 Å². The van der Waals surface area contributed by atoms with Crippen molar-refractivity contribution in [1.82, 2.24) is 4.90 Å². The van der Waals surface area contributed by atoms with Gasteiger partial charge in [-0.1, -0.05) is 31.7 Å². The van der Waals surface area contributed by atoms with Gasteiger partial charge in [-0.25, -0.2) is 0 Å². The van der Waals surface area contributed by atoms with Gasteiger partial charge in [-0.05, 0) is 24.6 Å². The third-order valence-corrected chi connectivity index (χ3v) is 2.32. The molecule has 1 aliphatic rings. The molecule has 0 atom stereocenters. The van der Waals surface area contributed by atoms with Gasteiger partial charge in [0.2, 0.25) is 0 Å². The molecule has 0 N–H and O–H groups in total. The predicted molar refractivity (Wildman–Crippen MR) is 53.2 cm³/mol. The monoisotopic (exact) mass is 163 g/mol. The molecule has 1 aliphatic heterocycles. The summed E-state index contributed by atoms with van der Waals surface area (Å²) >= 11 is 0. The molecular formula is C11H17N. The van der Waals surface area contributed by atoms with Crippen molar-refractivity contribution in [2.75, 3.05) is 13.6 Å². The summed E-state index contributed by atoms with van der Waals surface area (Å²) in [6, 6.07) is 8.72. The van der Waals surface area contributed by atoms with Crippen LogP contribution in [-0.4, -0.2) is 18.5 Å². The van der Waals surface area contributed by atoms with Crippen LogP contribution in [0.5, 0.6) is 0 Å². The van der Waals surface area contributed by atoms with Crippen LogP contribution < -0.4 is 0 Å². The Bertz CT molecular complexity index is 255. The Morgan fingerprint density at radius 1 is 1.17 bits per heavy atom. The summed E-state index contributed by atoms with van der Waals surface area (Å²) in [4.78, 5) is 2.36. The molecule has 2 rings (SSSR count). The Hall–Kier alpha value is -0.820. The minimum absolute atomic E-state index is 0. The highest BCUT2D eigenvalue weighted by Gasteiger charge is 2.10. The Morgan fingerprint density at radius 2 is 1.83 bits per heavy atom. The Morgan fingerprint density at radius 3 is 2.58 bits per heavy atom. The van der Waals surface area contributed by atoms with E-state index in [0.717, 1.165) is 6.54 Å². The first-order valence-corrected chi connectivity index (χ1v) is 4.11. The van der Waals surface area contributed by atoms with Gasteiger partial charge < -0.3 is 4.90 Å². The van der Waals surface area contributed by atoms with Gasteiger partial charge >= 0.3 is 0 Å². The molecule has 1 aromatic carbocycles. The van der Waals surface area contributed by atoms with Gasteiger partial charge in [-0.15, -0.1) is 0 Å². The molecule has 0 saturated carbocycles. The van der Waals surface area contributed by atoms with Crippen molar-refractivity contribution < 1.29 is 0 Å². The summed E-state index contributed by atoms with van der Waals surface area (Å²) in [6.45, 7) is 2.33. The molecule has 66 valence electrons. The fourth-order valence-electron chi connectivity index (χ4n) is 1.64. The maximum Gasteiger partial charge on any atom is 0.0233 e. The molecule has 0 unspecified atom stereocenters. The van der Waals surface area contributed by atoms with Gasteiger partial charge in [0, 0.05) is 13.1 Å². The van der Waals surface area contributed by atoms with Crippen LogP contribution in [0.2, 0.25) is 0 Å². The molecule has 12 heavy (non-hydrogen) atoms. The molecule has 1 nitrogen and oxygen atoms in total. The van der Waals surface area contributed by atoms with Crippen LogP contribution in [0.1, 0.15) is 18.6 Å². The molecule has 0 aliphatic carbocycles. The maximum absolute atomic E-state index is 2.36. The molecule has 1 heterocycles. The fourth-order valence-corrected chi connectivity index (χ4v) is 1.64. The zero-order valence-corrected chi connectivity index (χ0v) is 6.88. The van der Waals surface area contributed by atoms with Crippen LogP contribution in [0.25, 0.3) is 0 Å². The van der Waals surface area contributed by atoms with E-state index in [1.807, 2.05) is 0 Å². The van der Waals surface area contributed by atoms with E-state index < -0.39 is 0 Å². The van der Waals surface area contributed by atoms with E-state index in [0.29, 0.717) is 0 Å². The number of hydrogen-bond acceptors (Lipinski definition) is 1. The summed E-state index contributed by atoms with van der Waals surface area (Å²) in [6.07, 6.45) is 1.21. The average Bonchev–Trinajstić information content (AvgIpc) is 2.04. The summed E-state index contributed by atoms with van der Waals surface area (Å²) in [5.41, 5.74) is 3.03. The lowest BCUT2D eigenvalue weighted by atomic mass is 10.0. The number of benzene rings is 1. The summed E-state index contributed by atoms with van der Waals surface area (Å²) in [7, 11) is 2.18. The third-order valence-electron chi connectivity index (χ3n) is 2.32. The van der Waals surface area contributed by atoms with Crippen LogP contribution in [0, 0.1) is 0 Å². The van der Waals surface area contributed by atoms with Crippen LogP contribution in [-0.2, 0) is 13.0 Å². The first-order valence-electron chi connectivity index (χ1n) is 4.11. The van der Waals surface area contributed by atoms with Gasteiger partial charge in [0.25, 0.3) is 0 Å². The zero-order valence-electron chi connectivity index (χ0n) is 6.88. The van der Waals surface area contributed by atoms with E-state index in [-0.39, 0.29) is 7.43 Å². The second kappa shape index (κ2) is 3.72. The molecular weight excluding hydrogens is 146 g/mol. The second-order valence-corrected chi connectivity index (χ2v) is 3.26. The van der Waals surface area contributed by atoms with Crippen molar-refractivity contribution in [1.29, 1.82) is 0 Å². The van der Waals surface area contributed by atoms with Crippen LogP contribution in [0.15, 0.2) is 24.3 Å². The van der Waals surface area contributed by atoms with Crippen LogP contribution in [0.4, 0.5) is 0 Å². The Balaban J connectivity index is 0.000000720. The van der Waals surface area contributed by atoms with E-state index in [1.165, 1.54) is 24.1 Å². The van der Waals surface area contributed by atoms with Gasteiger partial charge in [0.05, 0.1) is 0 Å². The van der Waals surface area contributed by atoms with E-state index in [2.05, 4.69) is 36.2 Å². The van der Waals surface area contributed by atoms with E-state index in [4.69, 9.17) is 0 Å². The lowest BCUT2D eigenvalue weighted by molar-refractivity contribution is 0.313. The quantitative estimate of drug-likeness (QED) is 0.567. The van der Waals surface area contributed by atoms with E-state index in [9.17, 15) is 0 Å². The number of likely N-dealkylation sites (N-methyl/N-ethyl adjacent to an activating group) is 1. The molecule has 0 spiro atoms. The third kappa shape index (κ3) is 1.67. The van der Waals surface area contributed by atoms with Crippen LogP contribution in [0.3, 0.4) is 0 Å². The minimum atomic E-state index is 0. The van der Waals surface area contributed by atoms with E-state index in [1.54, 1.807) is 0 Å². The molecule has 0 fully saturated rings. The number of rotatable bonds is 0. The van der Waals surface area contributed by atoms with Gasteiger partial charge in [-0.3, -0.25) is 0 Å². The summed E-state index contributed by atoms with van der Waals surface area (Å²) in [5, 5.41) is 0. The first-order chi connectivity index (χ1) is 5.36. The summed E-state index contributed by atoms with van der Waals surface area (Å²) in [5.74, 6) is 0. The first kappa shape index (κ1) is 9.27. The molecule has 1 aromatic rings. The number of hydrogen-bond donors (Lipinski definition) is 0. The standard InChI is InChI=1S/C10H13N.CH4/c1-11-7-6-9-4-2-3-5-10(9)8-11;/h2-5H,6-8H2,1H3;1H4. The SMILES string of the molecule is C.CN1CCc2ccccc2C1. The molecule has 0 bridgehead atoms. The van der Waals surface area contributed by atoms with Crippen molar-refractivity contribution >= 4 is 0 Å². The van der Waals surface area contributed by atoms with Gasteiger partial charge in [-0.2, -0.15) is 0 Å². The zero-order chi connectivity index (χ0) is 7.68. The topological polar surface area (TPSA) is 3.24 Å². The largest absolute Gasteiger partial charge is 0.302 e. The normalized spacial score (nSPS) is 16.4. The number of nitrogens with zero attached hydrogens (tertiary/aromatic N) is 1. The number of fused-ring (bicyclic) bond motifs is 1. The van der Waals surface area contributed by atoms with Crippen molar-refractivity contribution in [3.05, 3.63) is 35.4 Å².